The summed E-state index contributed by atoms with van der Waals surface area (Å²) in [5, 5.41) is 0. The third-order valence-corrected chi connectivity index (χ3v) is 4.97. The lowest BCUT2D eigenvalue weighted by Gasteiger charge is -2.57. The smallest absolute Gasteiger partial charge is 0.0198 e. The van der Waals surface area contributed by atoms with Crippen LogP contribution in [0, 0.1) is 11.8 Å². The molecule has 1 saturated carbocycles. The molecule has 1 heteroatoms. The fraction of sp³-hybridized carbons (Fsp3) is 1.00. The number of thioether (sulfide) groups is 1. The van der Waals surface area contributed by atoms with Crippen LogP contribution in [0.5, 0.6) is 0 Å². The quantitative estimate of drug-likeness (QED) is 0.562. The van der Waals surface area contributed by atoms with Gasteiger partial charge in [-0.1, -0.05) is 13.8 Å². The maximum Gasteiger partial charge on any atom is 0.0198 e. The van der Waals surface area contributed by atoms with Crippen molar-refractivity contribution < 1.29 is 0 Å². The molecule has 0 amide bonds. The van der Waals surface area contributed by atoms with Crippen molar-refractivity contribution in [2.24, 2.45) is 11.8 Å². The maximum absolute atomic E-state index is 2.38. The molecule has 1 saturated heterocycles. The van der Waals surface area contributed by atoms with Gasteiger partial charge in [-0.15, -0.1) is 0 Å². The second-order valence-electron chi connectivity index (χ2n) is 4.05. The summed E-state index contributed by atoms with van der Waals surface area (Å²) in [5.74, 6) is 3.43. The van der Waals surface area contributed by atoms with Gasteiger partial charge in [-0.2, -0.15) is 11.8 Å². The van der Waals surface area contributed by atoms with Crippen molar-refractivity contribution in [3.63, 3.8) is 0 Å². The van der Waals surface area contributed by atoms with Crippen LogP contribution in [0.1, 0.15) is 33.1 Å². The van der Waals surface area contributed by atoms with Crippen LogP contribution in [0.25, 0.3) is 0 Å². The molecule has 0 radical (unpaired) electrons. The van der Waals surface area contributed by atoms with Gasteiger partial charge in [-0.3, -0.25) is 0 Å². The molecule has 0 N–H and O–H groups in total. The summed E-state index contributed by atoms with van der Waals surface area (Å²) in [6, 6.07) is 0. The largest absolute Gasteiger partial charge is 0.155 e. The van der Waals surface area contributed by atoms with E-state index in [9.17, 15) is 0 Å². The zero-order valence-corrected chi connectivity index (χ0v) is 7.71. The molecule has 1 heterocycles. The Morgan fingerprint density at radius 3 is 2.20 bits per heavy atom. The van der Waals surface area contributed by atoms with E-state index in [-0.39, 0.29) is 0 Å². The minimum atomic E-state index is 0.800. The van der Waals surface area contributed by atoms with Gasteiger partial charge in [0.25, 0.3) is 0 Å². The molecule has 1 aliphatic heterocycles. The topological polar surface area (TPSA) is 0 Å². The highest BCUT2D eigenvalue weighted by atomic mass is 32.2. The van der Waals surface area contributed by atoms with Crippen LogP contribution < -0.4 is 0 Å². The van der Waals surface area contributed by atoms with Gasteiger partial charge in [0.1, 0.15) is 0 Å². The van der Waals surface area contributed by atoms with E-state index in [0.29, 0.717) is 0 Å². The van der Waals surface area contributed by atoms with Crippen molar-refractivity contribution in [3.05, 3.63) is 0 Å². The Kier molecular flexibility index (Phi) is 1.52. The van der Waals surface area contributed by atoms with Crippen molar-refractivity contribution >= 4 is 11.8 Å². The van der Waals surface area contributed by atoms with Gasteiger partial charge in [-0.05, 0) is 36.9 Å². The molecule has 58 valence electrons. The van der Waals surface area contributed by atoms with Crippen LogP contribution in [-0.2, 0) is 0 Å². The molecule has 1 spiro atoms. The lowest BCUT2D eigenvalue weighted by Crippen LogP contribution is -2.52. The molecule has 10 heavy (non-hydrogen) atoms. The van der Waals surface area contributed by atoms with Crippen molar-refractivity contribution in [2.45, 2.75) is 37.9 Å². The van der Waals surface area contributed by atoms with E-state index < -0.39 is 0 Å². The van der Waals surface area contributed by atoms with Crippen molar-refractivity contribution in [1.82, 2.24) is 0 Å². The predicted molar refractivity (Wildman–Crippen MR) is 47.4 cm³/mol. The first-order chi connectivity index (χ1) is 4.75. The van der Waals surface area contributed by atoms with Crippen LogP contribution in [0.4, 0.5) is 0 Å². The molecule has 0 bridgehead atoms. The van der Waals surface area contributed by atoms with Gasteiger partial charge in [-0.25, -0.2) is 0 Å². The minimum absolute atomic E-state index is 0.800. The molecular weight excluding hydrogens is 140 g/mol. The average Bonchev–Trinajstić information content (AvgIpc) is 1.53. The second-order valence-corrected chi connectivity index (χ2v) is 5.56. The fourth-order valence-corrected chi connectivity index (χ4v) is 4.02. The molecule has 0 aromatic carbocycles. The third kappa shape index (κ3) is 0.761. The molecule has 2 atom stereocenters. The summed E-state index contributed by atoms with van der Waals surface area (Å²) in [5.41, 5.74) is 0. The Morgan fingerprint density at radius 2 is 2.10 bits per heavy atom. The minimum Gasteiger partial charge on any atom is -0.155 e. The normalized spacial score (nSPS) is 45.3. The van der Waals surface area contributed by atoms with Crippen LogP contribution in [-0.4, -0.2) is 10.5 Å². The Balaban J connectivity index is 1.99. The number of rotatable bonds is 1. The van der Waals surface area contributed by atoms with Gasteiger partial charge in [0.05, 0.1) is 0 Å². The maximum atomic E-state index is 2.38. The van der Waals surface area contributed by atoms with E-state index in [2.05, 4.69) is 25.6 Å². The number of hydrogen-bond acceptors (Lipinski definition) is 1. The monoisotopic (exact) mass is 156 g/mol. The van der Waals surface area contributed by atoms with E-state index in [1.165, 1.54) is 25.0 Å². The highest BCUT2D eigenvalue weighted by Crippen LogP contribution is 2.60. The molecule has 2 fully saturated rings. The first kappa shape index (κ1) is 7.02. The highest BCUT2D eigenvalue weighted by molar-refractivity contribution is 8.02. The third-order valence-electron chi connectivity index (χ3n) is 3.27. The van der Waals surface area contributed by atoms with E-state index in [1.807, 2.05) is 0 Å². The van der Waals surface area contributed by atoms with Crippen molar-refractivity contribution in [1.29, 1.82) is 0 Å². The van der Waals surface area contributed by atoms with Crippen LogP contribution >= 0.6 is 11.8 Å². The molecule has 0 nitrogen and oxygen atoms in total. The Bertz CT molecular complexity index is 130. The van der Waals surface area contributed by atoms with E-state index >= 15 is 0 Å². The van der Waals surface area contributed by atoms with Crippen LogP contribution in [0.3, 0.4) is 0 Å². The lowest BCUT2D eigenvalue weighted by molar-refractivity contribution is 0.142. The first-order valence-electron chi connectivity index (χ1n) is 4.38. The summed E-state index contributed by atoms with van der Waals surface area (Å²) in [4.78, 5) is 0. The molecule has 0 aromatic heterocycles. The van der Waals surface area contributed by atoms with Gasteiger partial charge in [0.15, 0.2) is 0 Å². The summed E-state index contributed by atoms with van der Waals surface area (Å²) < 4.78 is 0.800. The fourth-order valence-electron chi connectivity index (χ4n) is 2.43. The van der Waals surface area contributed by atoms with E-state index in [4.69, 9.17) is 0 Å². The van der Waals surface area contributed by atoms with E-state index in [0.717, 1.165) is 16.6 Å². The SMILES string of the molecule is CC(C)C1CCC12CCS2. The Hall–Kier alpha value is 0.350. The summed E-state index contributed by atoms with van der Waals surface area (Å²) in [6.07, 6.45) is 4.53. The molecule has 0 aromatic rings. The summed E-state index contributed by atoms with van der Waals surface area (Å²) >= 11 is 2.23. The van der Waals surface area contributed by atoms with Gasteiger partial charge >= 0.3 is 0 Å². The summed E-state index contributed by atoms with van der Waals surface area (Å²) in [7, 11) is 0. The zero-order valence-electron chi connectivity index (χ0n) is 6.89. The molecular formula is C9H16S. The molecule has 2 aliphatic rings. The lowest BCUT2D eigenvalue weighted by atomic mass is 9.65. The van der Waals surface area contributed by atoms with Crippen molar-refractivity contribution in [3.8, 4) is 0 Å². The zero-order chi connectivity index (χ0) is 7.19. The van der Waals surface area contributed by atoms with Crippen LogP contribution in [0.2, 0.25) is 0 Å². The standard InChI is InChI=1S/C9H16S/c1-7(2)8-3-4-9(8)5-6-10-9/h7-8H,3-6H2,1-2H3. The van der Waals surface area contributed by atoms with Crippen molar-refractivity contribution in [2.75, 3.05) is 5.75 Å². The summed E-state index contributed by atoms with van der Waals surface area (Å²) in [6.45, 7) is 4.76. The second kappa shape index (κ2) is 2.17. The molecule has 2 rings (SSSR count). The molecule has 1 aliphatic carbocycles. The van der Waals surface area contributed by atoms with Gasteiger partial charge in [0.2, 0.25) is 0 Å². The highest BCUT2D eigenvalue weighted by Gasteiger charge is 2.52. The van der Waals surface area contributed by atoms with Gasteiger partial charge in [0, 0.05) is 4.75 Å². The Morgan fingerprint density at radius 1 is 1.40 bits per heavy atom. The predicted octanol–water partition coefficient (Wildman–Crippen LogP) is 2.93. The molecule has 2 unspecified atom stereocenters. The average molecular weight is 156 g/mol. The van der Waals surface area contributed by atoms with Crippen LogP contribution in [0.15, 0.2) is 0 Å². The first-order valence-corrected chi connectivity index (χ1v) is 5.37. The Labute approximate surface area is 67.8 Å². The number of hydrogen-bond donors (Lipinski definition) is 0. The van der Waals surface area contributed by atoms with E-state index in [1.54, 1.807) is 0 Å². The van der Waals surface area contributed by atoms with Gasteiger partial charge < -0.3 is 0 Å².